The van der Waals surface area contributed by atoms with Crippen LogP contribution in [-0.4, -0.2) is 38.7 Å². The number of ether oxygens (including phenoxy) is 2. The third kappa shape index (κ3) is 6.79. The average molecular weight is 331 g/mol. The van der Waals surface area contributed by atoms with Gasteiger partial charge in [0.05, 0.1) is 24.9 Å². The zero-order valence-corrected chi connectivity index (χ0v) is 14.5. The zero-order valence-electron chi connectivity index (χ0n) is 14.5. The van der Waals surface area contributed by atoms with Crippen LogP contribution in [0.2, 0.25) is 0 Å². The summed E-state index contributed by atoms with van der Waals surface area (Å²) in [5.41, 5.74) is 1.86. The molecule has 0 aromatic heterocycles. The molecule has 0 aliphatic heterocycles. The smallest absolute Gasteiger partial charge is 0.337 e. The second-order valence-electron chi connectivity index (χ2n) is 5.03. The van der Waals surface area contributed by atoms with E-state index in [4.69, 9.17) is 4.74 Å². The van der Waals surface area contributed by atoms with E-state index in [0.29, 0.717) is 24.3 Å². The van der Waals surface area contributed by atoms with Crippen LogP contribution >= 0.6 is 0 Å². The molecule has 0 unspecified atom stereocenters. The normalized spacial score (nSPS) is 11.5. The highest BCUT2D eigenvalue weighted by molar-refractivity contribution is 5.93. The van der Waals surface area contributed by atoms with E-state index >= 15 is 0 Å². The van der Waals surface area contributed by atoms with E-state index in [-0.39, 0.29) is 11.9 Å². The number of hydrogen-bond donors (Lipinski definition) is 1. The van der Waals surface area contributed by atoms with Gasteiger partial charge in [0, 0.05) is 6.54 Å². The van der Waals surface area contributed by atoms with Gasteiger partial charge in [-0.25, -0.2) is 9.59 Å². The van der Waals surface area contributed by atoms with Gasteiger partial charge in [0.15, 0.2) is 0 Å². The lowest BCUT2D eigenvalue weighted by Gasteiger charge is -2.04. The molecule has 0 saturated carbocycles. The Morgan fingerprint density at radius 1 is 1.17 bits per heavy atom. The predicted octanol–water partition coefficient (Wildman–Crippen LogP) is 2.98. The molecule has 0 atom stereocenters. The van der Waals surface area contributed by atoms with Crippen LogP contribution in [-0.2, 0) is 14.3 Å². The maximum Gasteiger partial charge on any atom is 0.337 e. The first-order valence-electron chi connectivity index (χ1n) is 8.06. The lowest BCUT2D eigenvalue weighted by atomic mass is 10.1. The fourth-order valence-corrected chi connectivity index (χ4v) is 1.93. The number of carbonyl (C=O) groups excluding carboxylic acids is 2. The zero-order chi connectivity index (χ0) is 17.8. The molecule has 0 fully saturated rings. The Labute approximate surface area is 143 Å². The highest BCUT2D eigenvalue weighted by Gasteiger charge is 2.07. The summed E-state index contributed by atoms with van der Waals surface area (Å²) in [7, 11) is 1.35. The molecule has 0 saturated heterocycles. The Morgan fingerprint density at radius 2 is 1.88 bits per heavy atom. The molecular weight excluding hydrogens is 306 g/mol. The second-order valence-corrected chi connectivity index (χ2v) is 5.03. The summed E-state index contributed by atoms with van der Waals surface area (Å²) in [5.74, 6) is -0.724. The Balaban J connectivity index is 2.82. The van der Waals surface area contributed by atoms with Crippen molar-refractivity contribution in [2.45, 2.75) is 20.3 Å². The standard InChI is InChI=1S/C19H25NO4/c1-4-13-20-14-12-17(19(22)24-5-2)11-8-15-6-9-16(10-7-15)18(21)23-3/h6-12,20H,4-5,13-14H2,1-3H3/b11-8+,17-12+. The van der Waals surface area contributed by atoms with Crippen LogP contribution < -0.4 is 5.32 Å². The van der Waals surface area contributed by atoms with Gasteiger partial charge >= 0.3 is 11.9 Å². The number of esters is 2. The summed E-state index contributed by atoms with van der Waals surface area (Å²) in [6.07, 6.45) is 6.38. The van der Waals surface area contributed by atoms with E-state index < -0.39 is 0 Å². The maximum atomic E-state index is 12.0. The van der Waals surface area contributed by atoms with Crippen LogP contribution in [0.5, 0.6) is 0 Å². The molecule has 0 spiro atoms. The van der Waals surface area contributed by atoms with Crippen molar-refractivity contribution in [3.05, 3.63) is 53.1 Å². The highest BCUT2D eigenvalue weighted by Crippen LogP contribution is 2.10. The Kier molecular flexibility index (Phi) is 9.16. The second kappa shape index (κ2) is 11.2. The lowest BCUT2D eigenvalue weighted by molar-refractivity contribution is -0.138. The van der Waals surface area contributed by atoms with E-state index in [9.17, 15) is 9.59 Å². The monoisotopic (exact) mass is 331 g/mol. The summed E-state index contributed by atoms with van der Waals surface area (Å²) in [6.45, 7) is 5.69. The number of benzene rings is 1. The van der Waals surface area contributed by atoms with Crippen molar-refractivity contribution < 1.29 is 19.1 Å². The predicted molar refractivity (Wildman–Crippen MR) is 94.7 cm³/mol. The molecule has 5 heteroatoms. The van der Waals surface area contributed by atoms with Crippen molar-refractivity contribution in [3.8, 4) is 0 Å². The third-order valence-electron chi connectivity index (χ3n) is 3.19. The van der Waals surface area contributed by atoms with Crippen molar-refractivity contribution >= 4 is 18.0 Å². The summed E-state index contributed by atoms with van der Waals surface area (Å²) in [4.78, 5) is 23.4. The Hall–Kier alpha value is -2.40. The molecule has 24 heavy (non-hydrogen) atoms. The minimum absolute atomic E-state index is 0.334. The number of methoxy groups -OCH3 is 1. The highest BCUT2D eigenvalue weighted by atomic mass is 16.5. The summed E-state index contributed by atoms with van der Waals surface area (Å²) >= 11 is 0. The number of carbonyl (C=O) groups is 2. The fourth-order valence-electron chi connectivity index (χ4n) is 1.93. The van der Waals surface area contributed by atoms with Gasteiger partial charge in [-0.2, -0.15) is 0 Å². The van der Waals surface area contributed by atoms with Crippen molar-refractivity contribution in [1.29, 1.82) is 0 Å². The molecule has 5 nitrogen and oxygen atoms in total. The number of nitrogens with one attached hydrogen (secondary N) is 1. The minimum Gasteiger partial charge on any atom is -0.465 e. The van der Waals surface area contributed by atoms with Crippen molar-refractivity contribution in [2.75, 3.05) is 26.8 Å². The molecule has 0 bridgehead atoms. The van der Waals surface area contributed by atoms with E-state index in [1.807, 2.05) is 12.2 Å². The molecule has 0 aliphatic rings. The van der Waals surface area contributed by atoms with Crippen molar-refractivity contribution in [3.63, 3.8) is 0 Å². The van der Waals surface area contributed by atoms with Gasteiger partial charge in [-0.05, 0) is 43.7 Å². The largest absolute Gasteiger partial charge is 0.465 e. The fraction of sp³-hybridized carbons (Fsp3) is 0.368. The molecule has 1 aromatic rings. The first-order valence-corrected chi connectivity index (χ1v) is 8.06. The van der Waals surface area contributed by atoms with Gasteiger partial charge in [0.2, 0.25) is 0 Å². The van der Waals surface area contributed by atoms with Crippen LogP contribution in [0.25, 0.3) is 6.08 Å². The van der Waals surface area contributed by atoms with E-state index in [1.54, 1.807) is 37.3 Å². The minimum atomic E-state index is -0.375. The molecule has 1 N–H and O–H groups in total. The summed E-state index contributed by atoms with van der Waals surface area (Å²) < 4.78 is 9.73. The quantitative estimate of drug-likeness (QED) is 0.326. The first-order chi connectivity index (χ1) is 11.6. The summed E-state index contributed by atoms with van der Waals surface area (Å²) in [5, 5.41) is 3.22. The molecule has 0 aliphatic carbocycles. The summed E-state index contributed by atoms with van der Waals surface area (Å²) in [6, 6.07) is 6.95. The van der Waals surface area contributed by atoms with E-state index in [0.717, 1.165) is 18.5 Å². The number of hydrogen-bond acceptors (Lipinski definition) is 5. The Bertz CT molecular complexity index is 588. The van der Waals surface area contributed by atoms with Gasteiger partial charge in [-0.3, -0.25) is 0 Å². The molecule has 130 valence electrons. The van der Waals surface area contributed by atoms with Crippen LogP contribution in [0.15, 0.2) is 42.0 Å². The molecular formula is C19H25NO4. The van der Waals surface area contributed by atoms with Crippen LogP contribution in [0.4, 0.5) is 0 Å². The molecule has 1 rings (SSSR count). The molecule has 0 amide bonds. The van der Waals surface area contributed by atoms with Crippen LogP contribution in [0, 0.1) is 0 Å². The van der Waals surface area contributed by atoms with E-state index in [1.165, 1.54) is 7.11 Å². The molecule has 1 aromatic carbocycles. The van der Waals surface area contributed by atoms with Crippen LogP contribution in [0.3, 0.4) is 0 Å². The number of rotatable bonds is 9. The topological polar surface area (TPSA) is 64.6 Å². The maximum absolute atomic E-state index is 12.0. The van der Waals surface area contributed by atoms with Gasteiger partial charge in [0.1, 0.15) is 0 Å². The third-order valence-corrected chi connectivity index (χ3v) is 3.19. The van der Waals surface area contributed by atoms with Crippen LogP contribution in [0.1, 0.15) is 36.2 Å². The van der Waals surface area contributed by atoms with Crippen molar-refractivity contribution in [1.82, 2.24) is 5.32 Å². The first kappa shape index (κ1) is 19.6. The molecule has 0 radical (unpaired) electrons. The van der Waals surface area contributed by atoms with Crippen molar-refractivity contribution in [2.24, 2.45) is 0 Å². The molecule has 0 heterocycles. The Morgan fingerprint density at radius 3 is 2.46 bits per heavy atom. The lowest BCUT2D eigenvalue weighted by Crippen LogP contribution is -2.16. The SMILES string of the molecule is CCCNC/C=C(\C=C\c1ccc(C(=O)OC)cc1)C(=O)OCC. The van der Waals surface area contributed by atoms with Gasteiger partial charge < -0.3 is 14.8 Å². The van der Waals surface area contributed by atoms with Gasteiger partial charge in [0.25, 0.3) is 0 Å². The van der Waals surface area contributed by atoms with Gasteiger partial charge in [-0.15, -0.1) is 0 Å². The van der Waals surface area contributed by atoms with Gasteiger partial charge in [-0.1, -0.05) is 31.2 Å². The average Bonchev–Trinajstić information content (AvgIpc) is 2.61. The van der Waals surface area contributed by atoms with E-state index in [2.05, 4.69) is 17.0 Å².